The molecule has 1 amide bonds. The molecule has 0 bridgehead atoms. The largest absolute Gasteiger partial charge is 0.787 e. The maximum atomic E-state index is 14.5. The maximum Gasteiger partial charge on any atom is 0.414 e. The Balaban J connectivity index is 1.70. The molecule has 10 heteroatoms. The Bertz CT molecular complexity index is 703. The minimum atomic E-state index is -3.33. The van der Waals surface area contributed by atoms with Gasteiger partial charge in [0.2, 0.25) is 0 Å². The molecule has 138 valence electrons. The van der Waals surface area contributed by atoms with Gasteiger partial charge in [-0.05, 0) is 30.4 Å². The number of carbonyl (C=O) groups excluding carboxylic acids is 1. The third kappa shape index (κ3) is 4.21. The van der Waals surface area contributed by atoms with Crippen molar-refractivity contribution in [1.82, 2.24) is 10.0 Å². The second-order valence-corrected chi connectivity index (χ2v) is 8.55. The number of hydrogen-bond donors (Lipinski definition) is 2. The Morgan fingerprint density at radius 1 is 1.56 bits per heavy atom. The average molecular weight is 387 g/mol. The van der Waals surface area contributed by atoms with Crippen molar-refractivity contribution in [2.45, 2.75) is 18.9 Å². The molecule has 0 aromatic heterocycles. The van der Waals surface area contributed by atoms with Crippen LogP contribution in [0.25, 0.3) is 0 Å². The van der Waals surface area contributed by atoms with Gasteiger partial charge in [0.1, 0.15) is 11.9 Å². The zero-order valence-electron chi connectivity index (χ0n) is 13.5. The van der Waals surface area contributed by atoms with Crippen molar-refractivity contribution in [2.75, 3.05) is 30.3 Å². The van der Waals surface area contributed by atoms with Gasteiger partial charge >= 0.3 is 6.09 Å². The van der Waals surface area contributed by atoms with E-state index < -0.39 is 28.6 Å². The van der Waals surface area contributed by atoms with Crippen LogP contribution < -0.4 is 14.9 Å². The van der Waals surface area contributed by atoms with Crippen LogP contribution in [0.5, 0.6) is 0 Å². The summed E-state index contributed by atoms with van der Waals surface area (Å²) >= 11 is 4.92. The average Bonchev–Trinajstić information content (AvgIpc) is 3.07. The van der Waals surface area contributed by atoms with Crippen LogP contribution in [0, 0.1) is 5.82 Å². The number of anilines is 1. The Kier molecular flexibility index (Phi) is 5.16. The lowest BCUT2D eigenvalue weighted by molar-refractivity contribution is 0.143. The minimum absolute atomic E-state index is 0.139. The summed E-state index contributed by atoms with van der Waals surface area (Å²) in [4.78, 5) is 13.9. The van der Waals surface area contributed by atoms with Crippen molar-refractivity contribution >= 4 is 39.8 Å². The molecule has 3 rings (SSSR count). The van der Waals surface area contributed by atoms with E-state index in [1.54, 1.807) is 13.0 Å². The fourth-order valence-corrected chi connectivity index (χ4v) is 4.40. The summed E-state index contributed by atoms with van der Waals surface area (Å²) in [6.07, 6.45) is -0.927. The van der Waals surface area contributed by atoms with Crippen LogP contribution in [0.4, 0.5) is 14.9 Å². The van der Waals surface area contributed by atoms with Gasteiger partial charge < -0.3 is 29.9 Å². The highest BCUT2D eigenvalue weighted by molar-refractivity contribution is 8.22. The van der Waals surface area contributed by atoms with E-state index >= 15 is 0 Å². The van der Waals surface area contributed by atoms with Crippen LogP contribution in [0.1, 0.15) is 18.4 Å². The van der Waals surface area contributed by atoms with Crippen LogP contribution in [0.2, 0.25) is 0 Å². The molecule has 0 saturated carbocycles. The molecule has 2 aliphatic rings. The van der Waals surface area contributed by atoms with Gasteiger partial charge in [-0.25, -0.2) is 9.18 Å². The van der Waals surface area contributed by atoms with Crippen LogP contribution in [0.3, 0.4) is 0 Å². The number of nitrogens with one attached hydrogen (secondary N) is 2. The van der Waals surface area contributed by atoms with E-state index in [0.29, 0.717) is 22.8 Å². The number of benzene rings is 1. The molecule has 2 aliphatic heterocycles. The number of thiocarbonyl (C=S) groups is 1. The van der Waals surface area contributed by atoms with E-state index in [1.807, 2.05) is 0 Å². The molecular formula is C15H18FN3O4S2-2. The van der Waals surface area contributed by atoms with Crippen LogP contribution in [-0.2, 0) is 4.74 Å². The van der Waals surface area contributed by atoms with Crippen LogP contribution >= 0.6 is 23.0 Å². The van der Waals surface area contributed by atoms with Gasteiger partial charge in [-0.3, -0.25) is 9.62 Å². The SMILES string of the molecule is CC(=S)NCC1CN(c2ccc(C3CNS([O-])([O-])C3)c(F)c2)C(=O)O1. The summed E-state index contributed by atoms with van der Waals surface area (Å²) in [5.41, 5.74) is 0.695. The van der Waals surface area contributed by atoms with Gasteiger partial charge in [0.15, 0.2) is 0 Å². The number of sulfonamides is 1. The zero-order valence-corrected chi connectivity index (χ0v) is 15.1. The summed E-state index contributed by atoms with van der Waals surface area (Å²) in [5, 5.41) is 2.93. The Hall–Kier alpha value is -1.46. The van der Waals surface area contributed by atoms with E-state index in [-0.39, 0.29) is 24.9 Å². The van der Waals surface area contributed by atoms with Gasteiger partial charge in [0.05, 0.1) is 23.8 Å². The Morgan fingerprint density at radius 3 is 2.92 bits per heavy atom. The van der Waals surface area contributed by atoms with Gasteiger partial charge in [-0.15, -0.1) is 0 Å². The number of hydrogen-bond acceptors (Lipinski definition) is 6. The topological polar surface area (TPSA) is 99.7 Å². The molecule has 2 N–H and O–H groups in total. The molecule has 7 nitrogen and oxygen atoms in total. The fourth-order valence-electron chi connectivity index (χ4n) is 2.92. The summed E-state index contributed by atoms with van der Waals surface area (Å²) < 4.78 is 45.0. The minimum Gasteiger partial charge on any atom is -0.787 e. The standard InChI is InChI=1S/C15H20FN3O4S2/c1-9(24)17-6-12-7-19(15(20)23-12)11-2-3-13(14(16)4-11)10-5-18-25(21,22)8-10/h2-4,10,12,18,21-22H,5-8H2,1H3,(H,17,24)/p-2. The van der Waals surface area contributed by atoms with Crippen molar-refractivity contribution in [3.05, 3.63) is 29.6 Å². The van der Waals surface area contributed by atoms with E-state index in [1.165, 1.54) is 17.0 Å². The fraction of sp³-hybridized carbons (Fsp3) is 0.467. The highest BCUT2D eigenvalue weighted by Gasteiger charge is 2.33. The van der Waals surface area contributed by atoms with Crippen molar-refractivity contribution in [1.29, 1.82) is 0 Å². The molecule has 0 aliphatic carbocycles. The van der Waals surface area contributed by atoms with Crippen LogP contribution in [0.15, 0.2) is 18.2 Å². The van der Waals surface area contributed by atoms with Gasteiger partial charge in [-0.1, -0.05) is 18.3 Å². The first-order valence-corrected chi connectivity index (χ1v) is 9.80. The number of carbonyl (C=O) groups is 1. The molecule has 2 fully saturated rings. The molecule has 1 aromatic carbocycles. The maximum absolute atomic E-state index is 14.5. The molecule has 0 radical (unpaired) electrons. The zero-order chi connectivity index (χ0) is 18.2. The molecule has 0 spiro atoms. The highest BCUT2D eigenvalue weighted by atomic mass is 32.3. The quantitative estimate of drug-likeness (QED) is 0.759. The van der Waals surface area contributed by atoms with Gasteiger partial charge in [0, 0.05) is 12.5 Å². The van der Waals surface area contributed by atoms with Gasteiger partial charge in [0.25, 0.3) is 0 Å². The lowest BCUT2D eigenvalue weighted by Gasteiger charge is -2.56. The van der Waals surface area contributed by atoms with E-state index in [2.05, 4.69) is 10.0 Å². The number of nitrogens with zero attached hydrogens (tertiary/aromatic N) is 1. The van der Waals surface area contributed by atoms with E-state index in [0.717, 1.165) is 0 Å². The molecule has 2 heterocycles. The smallest absolute Gasteiger partial charge is 0.414 e. The predicted molar refractivity (Wildman–Crippen MR) is 95.0 cm³/mol. The number of rotatable bonds is 4. The van der Waals surface area contributed by atoms with Crippen molar-refractivity contribution < 1.29 is 23.0 Å². The summed E-state index contributed by atoms with van der Waals surface area (Å²) in [6, 6.07) is 4.37. The number of halogens is 1. The number of cyclic esters (lactones) is 1. The molecule has 2 atom stereocenters. The Labute approximate surface area is 152 Å². The normalized spacial score (nSPS) is 26.4. The highest BCUT2D eigenvalue weighted by Crippen LogP contribution is 2.44. The lowest BCUT2D eigenvalue weighted by atomic mass is 10.00. The molecule has 2 saturated heterocycles. The Morgan fingerprint density at radius 2 is 2.32 bits per heavy atom. The third-order valence-electron chi connectivity index (χ3n) is 4.16. The predicted octanol–water partition coefficient (Wildman–Crippen LogP) is 1.75. The van der Waals surface area contributed by atoms with Crippen molar-refractivity contribution in [3.63, 3.8) is 0 Å². The first kappa shape index (κ1) is 18.3. The van der Waals surface area contributed by atoms with Crippen molar-refractivity contribution in [3.8, 4) is 0 Å². The summed E-state index contributed by atoms with van der Waals surface area (Å²) in [5.74, 6) is -1.11. The van der Waals surface area contributed by atoms with Crippen molar-refractivity contribution in [2.24, 2.45) is 0 Å². The lowest BCUT2D eigenvalue weighted by Crippen LogP contribution is -2.32. The monoisotopic (exact) mass is 387 g/mol. The third-order valence-corrected chi connectivity index (χ3v) is 5.75. The van der Waals surface area contributed by atoms with E-state index in [9.17, 15) is 18.3 Å². The first-order chi connectivity index (χ1) is 11.7. The number of amides is 1. The second kappa shape index (κ2) is 7.04. The summed E-state index contributed by atoms with van der Waals surface area (Å²) in [7, 11) is -3.33. The van der Waals surface area contributed by atoms with E-state index in [4.69, 9.17) is 17.0 Å². The molecular weight excluding hydrogens is 369 g/mol. The number of ether oxygens (including phenoxy) is 1. The molecule has 1 aromatic rings. The second-order valence-electron chi connectivity index (χ2n) is 6.09. The molecule has 25 heavy (non-hydrogen) atoms. The van der Waals surface area contributed by atoms with Crippen LogP contribution in [-0.4, -0.2) is 51.7 Å². The summed E-state index contributed by atoms with van der Waals surface area (Å²) in [6.45, 7) is 2.58. The molecule has 2 unspecified atom stereocenters. The first-order valence-electron chi connectivity index (χ1n) is 7.74. The van der Waals surface area contributed by atoms with Gasteiger partial charge in [-0.2, -0.15) is 0 Å².